The lowest BCUT2D eigenvalue weighted by molar-refractivity contribution is 0.275. The fraction of sp³-hybridized carbons (Fsp3) is 0.667. The number of aromatic nitrogens is 3. The van der Waals surface area contributed by atoms with Gasteiger partial charge >= 0.3 is 0 Å². The summed E-state index contributed by atoms with van der Waals surface area (Å²) in [5.74, 6) is 2.81. The van der Waals surface area contributed by atoms with E-state index in [1.54, 1.807) is 0 Å². The molecule has 1 saturated carbocycles. The lowest BCUT2D eigenvalue weighted by atomic mass is 10.1. The van der Waals surface area contributed by atoms with Crippen LogP contribution in [-0.2, 0) is 6.42 Å². The van der Waals surface area contributed by atoms with Crippen LogP contribution in [-0.4, -0.2) is 64.2 Å². The lowest BCUT2D eigenvalue weighted by Gasteiger charge is -2.21. The van der Waals surface area contributed by atoms with E-state index in [0.29, 0.717) is 12.6 Å². The third-order valence-corrected chi connectivity index (χ3v) is 5.94. The number of fused-ring (bicyclic) bond motifs is 1. The summed E-state index contributed by atoms with van der Waals surface area (Å²) < 4.78 is 2.04. The Labute approximate surface area is 167 Å². The minimum absolute atomic E-state index is 0.494. The molecule has 1 unspecified atom stereocenters. The summed E-state index contributed by atoms with van der Waals surface area (Å²) >= 11 is 0. The SMILES string of the molecule is CCNC(=NCCc1nnc2ccccn12)NC1CCN(CC2CCCC2)C1. The Morgan fingerprint density at radius 3 is 2.96 bits per heavy atom. The summed E-state index contributed by atoms with van der Waals surface area (Å²) in [6, 6.07) is 6.46. The summed E-state index contributed by atoms with van der Waals surface area (Å²) in [6.07, 6.45) is 9.70. The van der Waals surface area contributed by atoms with Gasteiger partial charge in [0.2, 0.25) is 0 Å². The number of hydrogen-bond donors (Lipinski definition) is 2. The molecule has 0 spiro atoms. The Morgan fingerprint density at radius 1 is 1.21 bits per heavy atom. The second-order valence-corrected chi connectivity index (χ2v) is 8.10. The van der Waals surface area contributed by atoms with Crippen LogP contribution < -0.4 is 10.6 Å². The first-order chi connectivity index (χ1) is 13.8. The van der Waals surface area contributed by atoms with Crippen LogP contribution in [0.4, 0.5) is 0 Å². The van der Waals surface area contributed by atoms with Gasteiger partial charge in [-0.25, -0.2) is 0 Å². The highest BCUT2D eigenvalue weighted by Crippen LogP contribution is 2.26. The van der Waals surface area contributed by atoms with Gasteiger partial charge in [-0.05, 0) is 44.2 Å². The number of rotatable bonds is 7. The van der Waals surface area contributed by atoms with Gasteiger partial charge in [-0.2, -0.15) is 0 Å². The summed E-state index contributed by atoms with van der Waals surface area (Å²) in [5, 5.41) is 15.5. The first kappa shape index (κ1) is 19.2. The van der Waals surface area contributed by atoms with Crippen LogP contribution in [0.15, 0.2) is 29.4 Å². The zero-order chi connectivity index (χ0) is 19.2. The first-order valence-electron chi connectivity index (χ1n) is 10.9. The fourth-order valence-corrected chi connectivity index (χ4v) is 4.52. The quantitative estimate of drug-likeness (QED) is 0.566. The Morgan fingerprint density at radius 2 is 2.11 bits per heavy atom. The molecule has 3 heterocycles. The van der Waals surface area contributed by atoms with E-state index in [1.807, 2.05) is 28.8 Å². The summed E-state index contributed by atoms with van der Waals surface area (Å²) in [4.78, 5) is 7.42. The summed E-state index contributed by atoms with van der Waals surface area (Å²) in [7, 11) is 0. The molecule has 1 aliphatic heterocycles. The number of nitrogens with zero attached hydrogens (tertiary/aromatic N) is 5. The molecule has 1 aliphatic carbocycles. The topological polar surface area (TPSA) is 69.8 Å². The van der Waals surface area contributed by atoms with E-state index in [1.165, 1.54) is 45.2 Å². The Bertz CT molecular complexity index is 778. The van der Waals surface area contributed by atoms with E-state index >= 15 is 0 Å². The van der Waals surface area contributed by atoms with Gasteiger partial charge in [0.1, 0.15) is 5.82 Å². The standard InChI is InChI=1S/C21H33N7/c1-2-22-21(23-12-10-20-26-25-19-9-5-6-13-28(19)20)24-18-11-14-27(16-18)15-17-7-3-4-8-17/h5-6,9,13,17-18H,2-4,7-8,10-12,14-16H2,1H3,(H2,22,23,24). The molecular weight excluding hydrogens is 350 g/mol. The molecule has 1 saturated heterocycles. The van der Waals surface area contributed by atoms with E-state index in [2.05, 4.69) is 32.7 Å². The maximum Gasteiger partial charge on any atom is 0.191 e. The molecule has 2 aromatic heterocycles. The molecule has 2 aliphatic rings. The van der Waals surface area contributed by atoms with Crippen LogP contribution in [0.2, 0.25) is 0 Å². The van der Waals surface area contributed by atoms with Gasteiger partial charge in [0, 0.05) is 51.4 Å². The molecule has 2 N–H and O–H groups in total. The first-order valence-corrected chi connectivity index (χ1v) is 10.9. The van der Waals surface area contributed by atoms with Crippen molar-refractivity contribution in [3.63, 3.8) is 0 Å². The number of aliphatic imine (C=N–C) groups is 1. The van der Waals surface area contributed by atoms with Crippen molar-refractivity contribution in [3.8, 4) is 0 Å². The van der Waals surface area contributed by atoms with Crippen molar-refractivity contribution in [3.05, 3.63) is 30.2 Å². The zero-order valence-corrected chi connectivity index (χ0v) is 17.0. The minimum Gasteiger partial charge on any atom is -0.357 e. The summed E-state index contributed by atoms with van der Waals surface area (Å²) in [5.41, 5.74) is 0.889. The summed E-state index contributed by atoms with van der Waals surface area (Å²) in [6.45, 7) is 7.31. The Hall–Kier alpha value is -2.15. The second kappa shape index (κ2) is 9.37. The fourth-order valence-electron chi connectivity index (χ4n) is 4.52. The second-order valence-electron chi connectivity index (χ2n) is 8.10. The van der Waals surface area contributed by atoms with E-state index in [9.17, 15) is 0 Å². The van der Waals surface area contributed by atoms with E-state index in [4.69, 9.17) is 4.99 Å². The minimum atomic E-state index is 0.494. The van der Waals surface area contributed by atoms with E-state index in [0.717, 1.165) is 42.9 Å². The van der Waals surface area contributed by atoms with Gasteiger partial charge < -0.3 is 15.5 Å². The maximum absolute atomic E-state index is 4.78. The predicted octanol–water partition coefficient (Wildman–Crippen LogP) is 2.09. The van der Waals surface area contributed by atoms with Crippen molar-refractivity contribution in [2.75, 3.05) is 32.7 Å². The monoisotopic (exact) mass is 383 g/mol. The van der Waals surface area contributed by atoms with Crippen LogP contribution in [0.5, 0.6) is 0 Å². The average molecular weight is 384 g/mol. The van der Waals surface area contributed by atoms with Crippen LogP contribution >= 0.6 is 0 Å². The molecular formula is C21H33N7. The number of guanidine groups is 1. The molecule has 4 rings (SSSR count). The molecule has 2 fully saturated rings. The number of likely N-dealkylation sites (tertiary alicyclic amines) is 1. The van der Waals surface area contributed by atoms with Gasteiger partial charge in [-0.1, -0.05) is 18.9 Å². The van der Waals surface area contributed by atoms with Crippen molar-refractivity contribution in [1.82, 2.24) is 30.1 Å². The molecule has 7 heteroatoms. The molecule has 7 nitrogen and oxygen atoms in total. The van der Waals surface area contributed by atoms with Crippen molar-refractivity contribution in [2.24, 2.45) is 10.9 Å². The molecule has 1 atom stereocenters. The largest absolute Gasteiger partial charge is 0.357 e. The number of hydrogen-bond acceptors (Lipinski definition) is 4. The average Bonchev–Trinajstić information content (AvgIpc) is 3.45. The van der Waals surface area contributed by atoms with Crippen LogP contribution in [0.1, 0.15) is 44.9 Å². The number of pyridine rings is 1. The van der Waals surface area contributed by atoms with Gasteiger partial charge in [0.15, 0.2) is 11.6 Å². The van der Waals surface area contributed by atoms with Crippen molar-refractivity contribution in [1.29, 1.82) is 0 Å². The van der Waals surface area contributed by atoms with Gasteiger partial charge in [0.25, 0.3) is 0 Å². The van der Waals surface area contributed by atoms with Crippen molar-refractivity contribution >= 4 is 11.6 Å². The van der Waals surface area contributed by atoms with Crippen LogP contribution in [0.3, 0.4) is 0 Å². The zero-order valence-electron chi connectivity index (χ0n) is 17.0. The van der Waals surface area contributed by atoms with Gasteiger partial charge in [-0.15, -0.1) is 10.2 Å². The van der Waals surface area contributed by atoms with Crippen molar-refractivity contribution in [2.45, 2.75) is 51.5 Å². The van der Waals surface area contributed by atoms with Crippen LogP contribution in [0.25, 0.3) is 5.65 Å². The molecule has 2 aromatic rings. The Balaban J connectivity index is 1.28. The van der Waals surface area contributed by atoms with E-state index < -0.39 is 0 Å². The maximum atomic E-state index is 4.78. The van der Waals surface area contributed by atoms with Crippen LogP contribution in [0, 0.1) is 5.92 Å². The molecule has 28 heavy (non-hydrogen) atoms. The molecule has 0 amide bonds. The highest BCUT2D eigenvalue weighted by Gasteiger charge is 2.26. The predicted molar refractivity (Wildman–Crippen MR) is 113 cm³/mol. The Kier molecular flexibility index (Phi) is 6.41. The highest BCUT2D eigenvalue weighted by atomic mass is 15.3. The third-order valence-electron chi connectivity index (χ3n) is 5.94. The number of nitrogens with one attached hydrogen (secondary N) is 2. The normalized spacial score (nSPS) is 21.6. The molecule has 152 valence electrons. The van der Waals surface area contributed by atoms with Gasteiger partial charge in [0.05, 0.1) is 0 Å². The third kappa shape index (κ3) is 4.82. The smallest absolute Gasteiger partial charge is 0.191 e. The van der Waals surface area contributed by atoms with Crippen molar-refractivity contribution < 1.29 is 0 Å². The lowest BCUT2D eigenvalue weighted by Crippen LogP contribution is -2.45. The molecule has 0 aromatic carbocycles. The highest BCUT2D eigenvalue weighted by molar-refractivity contribution is 5.80. The van der Waals surface area contributed by atoms with Gasteiger partial charge in [-0.3, -0.25) is 9.39 Å². The molecule has 0 bridgehead atoms. The van der Waals surface area contributed by atoms with E-state index in [-0.39, 0.29) is 0 Å². The molecule has 0 radical (unpaired) electrons.